The Bertz CT molecular complexity index is 793. The molecule has 2 amide bonds. The van der Waals surface area contributed by atoms with Crippen LogP contribution in [0, 0.1) is 0 Å². The Labute approximate surface area is 161 Å². The standard InChI is InChI=1S/C19H22BrN3O3/c1-23(2)15-6-4-5-14(12-15)19(25)22-21-18(24)10-8-13-7-9-17(26-3)16(20)11-13/h4-7,9,11-12H,8,10H2,1-3H3,(H,21,24)(H,22,25). The third kappa shape index (κ3) is 5.49. The Morgan fingerprint density at radius 1 is 1.12 bits per heavy atom. The molecule has 2 aromatic carbocycles. The molecule has 2 rings (SSSR count). The van der Waals surface area contributed by atoms with Gasteiger partial charge in [0.2, 0.25) is 5.91 Å². The number of aryl methyl sites for hydroxylation is 1. The summed E-state index contributed by atoms with van der Waals surface area (Å²) in [6.45, 7) is 0. The molecular weight excluding hydrogens is 398 g/mol. The van der Waals surface area contributed by atoms with E-state index in [-0.39, 0.29) is 18.2 Å². The first-order valence-corrected chi connectivity index (χ1v) is 8.89. The summed E-state index contributed by atoms with van der Waals surface area (Å²) in [5, 5.41) is 0. The van der Waals surface area contributed by atoms with E-state index in [2.05, 4.69) is 26.8 Å². The van der Waals surface area contributed by atoms with Gasteiger partial charge in [-0.1, -0.05) is 12.1 Å². The van der Waals surface area contributed by atoms with Crippen LogP contribution in [0.2, 0.25) is 0 Å². The van der Waals surface area contributed by atoms with Gasteiger partial charge < -0.3 is 9.64 Å². The quantitative estimate of drug-likeness (QED) is 0.706. The van der Waals surface area contributed by atoms with E-state index in [1.54, 1.807) is 25.3 Å². The number of nitrogens with zero attached hydrogens (tertiary/aromatic N) is 1. The summed E-state index contributed by atoms with van der Waals surface area (Å²) in [5.41, 5.74) is 7.28. The van der Waals surface area contributed by atoms with Gasteiger partial charge in [-0.15, -0.1) is 0 Å². The molecule has 0 bridgehead atoms. The second kappa shape index (κ2) is 9.24. The monoisotopic (exact) mass is 419 g/mol. The van der Waals surface area contributed by atoms with Gasteiger partial charge >= 0.3 is 0 Å². The second-order valence-corrected chi connectivity index (χ2v) is 6.77. The van der Waals surface area contributed by atoms with Crippen LogP contribution in [0.1, 0.15) is 22.3 Å². The number of hydrogen-bond donors (Lipinski definition) is 2. The predicted molar refractivity (Wildman–Crippen MR) is 105 cm³/mol. The molecule has 0 aliphatic heterocycles. The smallest absolute Gasteiger partial charge is 0.269 e. The van der Waals surface area contributed by atoms with Crippen LogP contribution in [0.3, 0.4) is 0 Å². The fourth-order valence-electron chi connectivity index (χ4n) is 2.31. The summed E-state index contributed by atoms with van der Waals surface area (Å²) in [6, 6.07) is 12.8. The molecule has 2 N–H and O–H groups in total. The third-order valence-electron chi connectivity index (χ3n) is 3.80. The number of halogens is 1. The van der Waals surface area contributed by atoms with Gasteiger partial charge in [-0.3, -0.25) is 20.4 Å². The number of carbonyl (C=O) groups excluding carboxylic acids is 2. The third-order valence-corrected chi connectivity index (χ3v) is 4.42. The normalized spacial score (nSPS) is 10.2. The van der Waals surface area contributed by atoms with Crippen LogP contribution in [0.25, 0.3) is 0 Å². The van der Waals surface area contributed by atoms with Gasteiger partial charge in [0.1, 0.15) is 5.75 Å². The van der Waals surface area contributed by atoms with E-state index in [1.165, 1.54) is 0 Å². The number of benzene rings is 2. The number of anilines is 1. The number of methoxy groups -OCH3 is 1. The predicted octanol–water partition coefficient (Wildman–Crippen LogP) is 2.92. The van der Waals surface area contributed by atoms with E-state index in [9.17, 15) is 9.59 Å². The molecule has 6 nitrogen and oxygen atoms in total. The highest BCUT2D eigenvalue weighted by molar-refractivity contribution is 9.10. The van der Waals surface area contributed by atoms with E-state index < -0.39 is 0 Å². The number of rotatable bonds is 6. The van der Waals surface area contributed by atoms with Crippen molar-refractivity contribution in [3.8, 4) is 5.75 Å². The van der Waals surface area contributed by atoms with Gasteiger partial charge in [-0.2, -0.15) is 0 Å². The van der Waals surface area contributed by atoms with Crippen molar-refractivity contribution in [2.24, 2.45) is 0 Å². The highest BCUT2D eigenvalue weighted by Crippen LogP contribution is 2.25. The SMILES string of the molecule is COc1ccc(CCC(=O)NNC(=O)c2cccc(N(C)C)c2)cc1Br. The van der Waals surface area contributed by atoms with Gasteiger partial charge in [-0.25, -0.2) is 0 Å². The first kappa shape index (κ1) is 19.8. The van der Waals surface area contributed by atoms with Crippen LogP contribution in [-0.2, 0) is 11.2 Å². The number of hydrazine groups is 1. The Kier molecular flexibility index (Phi) is 7.03. The van der Waals surface area contributed by atoms with Gasteiger partial charge in [0, 0.05) is 31.8 Å². The second-order valence-electron chi connectivity index (χ2n) is 5.92. The van der Waals surface area contributed by atoms with Crippen molar-refractivity contribution >= 4 is 33.4 Å². The Morgan fingerprint density at radius 3 is 2.54 bits per heavy atom. The number of hydrogen-bond acceptors (Lipinski definition) is 4. The lowest BCUT2D eigenvalue weighted by Crippen LogP contribution is -2.41. The molecule has 0 fully saturated rings. The lowest BCUT2D eigenvalue weighted by molar-refractivity contribution is -0.121. The Morgan fingerprint density at radius 2 is 1.88 bits per heavy atom. The Balaban J connectivity index is 1.84. The molecule has 0 aliphatic carbocycles. The van der Waals surface area contributed by atoms with E-state index in [0.717, 1.165) is 21.5 Å². The maximum absolute atomic E-state index is 12.1. The fraction of sp³-hybridized carbons (Fsp3) is 0.263. The van der Waals surface area contributed by atoms with Gasteiger partial charge in [0.05, 0.1) is 11.6 Å². The van der Waals surface area contributed by atoms with Crippen molar-refractivity contribution < 1.29 is 14.3 Å². The van der Waals surface area contributed by atoms with Crippen LogP contribution >= 0.6 is 15.9 Å². The van der Waals surface area contributed by atoms with Gasteiger partial charge in [-0.05, 0) is 58.2 Å². The van der Waals surface area contributed by atoms with Crippen LogP contribution in [0.5, 0.6) is 5.75 Å². The molecule has 0 aromatic heterocycles. The summed E-state index contributed by atoms with van der Waals surface area (Å²) in [4.78, 5) is 26.0. The summed E-state index contributed by atoms with van der Waals surface area (Å²) in [5.74, 6) is 0.133. The zero-order valence-electron chi connectivity index (χ0n) is 15.0. The van der Waals surface area contributed by atoms with Crippen molar-refractivity contribution in [2.45, 2.75) is 12.8 Å². The molecule has 0 aliphatic rings. The number of nitrogens with one attached hydrogen (secondary N) is 2. The zero-order chi connectivity index (χ0) is 19.1. The van der Waals surface area contributed by atoms with Crippen LogP contribution in [-0.4, -0.2) is 33.0 Å². The first-order valence-electron chi connectivity index (χ1n) is 8.09. The minimum atomic E-state index is -0.353. The lowest BCUT2D eigenvalue weighted by Gasteiger charge is -2.13. The van der Waals surface area contributed by atoms with E-state index in [1.807, 2.05) is 43.3 Å². The summed E-state index contributed by atoms with van der Waals surface area (Å²) in [7, 11) is 5.40. The maximum atomic E-state index is 12.1. The average molecular weight is 420 g/mol. The molecule has 2 aromatic rings. The number of ether oxygens (including phenoxy) is 1. The molecule has 0 heterocycles. The first-order chi connectivity index (χ1) is 12.4. The highest BCUT2D eigenvalue weighted by Gasteiger charge is 2.09. The van der Waals surface area contributed by atoms with Crippen molar-refractivity contribution in [3.63, 3.8) is 0 Å². The van der Waals surface area contributed by atoms with Gasteiger partial charge in [0.25, 0.3) is 5.91 Å². The summed E-state index contributed by atoms with van der Waals surface area (Å²) >= 11 is 3.42. The molecule has 0 unspecified atom stereocenters. The molecule has 0 radical (unpaired) electrons. The molecule has 7 heteroatoms. The molecule has 0 spiro atoms. The minimum Gasteiger partial charge on any atom is -0.496 e. The Hall–Kier alpha value is -2.54. The molecule has 26 heavy (non-hydrogen) atoms. The minimum absolute atomic E-state index is 0.256. The molecule has 0 saturated heterocycles. The van der Waals surface area contributed by atoms with Crippen molar-refractivity contribution in [3.05, 3.63) is 58.1 Å². The average Bonchev–Trinajstić information content (AvgIpc) is 2.64. The zero-order valence-corrected chi connectivity index (χ0v) is 16.6. The molecule has 0 atom stereocenters. The molecule has 0 saturated carbocycles. The maximum Gasteiger partial charge on any atom is 0.269 e. The molecule has 138 valence electrons. The van der Waals surface area contributed by atoms with Gasteiger partial charge in [0.15, 0.2) is 0 Å². The van der Waals surface area contributed by atoms with E-state index >= 15 is 0 Å². The number of carbonyl (C=O) groups is 2. The van der Waals surface area contributed by atoms with Crippen LogP contribution in [0.4, 0.5) is 5.69 Å². The number of amides is 2. The largest absolute Gasteiger partial charge is 0.496 e. The van der Waals surface area contributed by atoms with E-state index in [0.29, 0.717) is 12.0 Å². The highest BCUT2D eigenvalue weighted by atomic mass is 79.9. The summed E-state index contributed by atoms with van der Waals surface area (Å²) in [6.07, 6.45) is 0.817. The summed E-state index contributed by atoms with van der Waals surface area (Å²) < 4.78 is 6.02. The topological polar surface area (TPSA) is 70.7 Å². The van der Waals surface area contributed by atoms with Crippen molar-refractivity contribution in [2.75, 3.05) is 26.1 Å². The fourth-order valence-corrected chi connectivity index (χ4v) is 2.90. The van der Waals surface area contributed by atoms with Crippen molar-refractivity contribution in [1.82, 2.24) is 10.9 Å². The van der Waals surface area contributed by atoms with Crippen LogP contribution < -0.4 is 20.5 Å². The van der Waals surface area contributed by atoms with E-state index in [4.69, 9.17) is 4.74 Å². The lowest BCUT2D eigenvalue weighted by atomic mass is 10.1. The molecular formula is C19H22BrN3O3. The van der Waals surface area contributed by atoms with Crippen molar-refractivity contribution in [1.29, 1.82) is 0 Å². The van der Waals surface area contributed by atoms with Crippen LogP contribution in [0.15, 0.2) is 46.9 Å².